The third-order valence-corrected chi connectivity index (χ3v) is 9.15. The van der Waals surface area contributed by atoms with Gasteiger partial charge in [-0.1, -0.05) is 28.8 Å². The van der Waals surface area contributed by atoms with Crippen molar-refractivity contribution in [2.45, 2.75) is 9.96 Å². The van der Waals surface area contributed by atoms with Crippen LogP contribution in [-0.4, -0.2) is 49.2 Å². The fourth-order valence-corrected chi connectivity index (χ4v) is 6.88. The first-order valence-corrected chi connectivity index (χ1v) is 12.8. The topological polar surface area (TPSA) is 88.1 Å². The molecule has 0 saturated carbocycles. The zero-order valence-electron chi connectivity index (χ0n) is 16.4. The number of nitrogens with one attached hydrogen (secondary N) is 1. The number of thiophene rings is 1. The summed E-state index contributed by atoms with van der Waals surface area (Å²) < 4.78 is 31.4. The third-order valence-electron chi connectivity index (χ3n) is 5.08. The van der Waals surface area contributed by atoms with Gasteiger partial charge < -0.3 is 10.2 Å². The highest BCUT2D eigenvalue weighted by Gasteiger charge is 2.22. The first kappa shape index (κ1) is 22.1. The maximum absolute atomic E-state index is 13.1. The van der Waals surface area contributed by atoms with Crippen molar-refractivity contribution in [3.8, 4) is 10.4 Å². The van der Waals surface area contributed by atoms with Crippen molar-refractivity contribution in [3.63, 3.8) is 0 Å². The Bertz CT molecular complexity index is 1270. The Labute approximate surface area is 194 Å². The predicted molar refractivity (Wildman–Crippen MR) is 128 cm³/mol. The number of sulfone groups is 1. The number of rotatable bonds is 5. The molecule has 1 fully saturated rings. The summed E-state index contributed by atoms with van der Waals surface area (Å²) in [5, 5.41) is 8.09. The molecule has 0 aliphatic carbocycles. The Hall–Kier alpha value is -2.11. The number of aromatic nitrogens is 3. The van der Waals surface area contributed by atoms with Gasteiger partial charge in [-0.05, 0) is 34.8 Å². The van der Waals surface area contributed by atoms with Crippen molar-refractivity contribution >= 4 is 61.0 Å². The molecular weight excluding hydrogens is 474 g/mol. The predicted octanol–water partition coefficient (Wildman–Crippen LogP) is 3.62. The molecular formula is C20H20ClN5O2S3. The van der Waals surface area contributed by atoms with Gasteiger partial charge in [-0.2, -0.15) is 0 Å². The zero-order chi connectivity index (χ0) is 20.6. The smallest absolute Gasteiger partial charge is 0.191 e. The van der Waals surface area contributed by atoms with Crippen LogP contribution >= 0.6 is 35.3 Å². The summed E-state index contributed by atoms with van der Waals surface area (Å²) in [5.74, 6) is 0.839. The second-order valence-corrected chi connectivity index (χ2v) is 11.2. The number of fused-ring (bicyclic) bond motifs is 1. The molecule has 162 valence electrons. The molecule has 1 aliphatic rings. The number of pyridine rings is 1. The average Bonchev–Trinajstić information content (AvgIpc) is 3.45. The zero-order valence-corrected chi connectivity index (χ0v) is 19.7. The highest BCUT2D eigenvalue weighted by Crippen LogP contribution is 2.35. The van der Waals surface area contributed by atoms with Crippen LogP contribution in [0, 0.1) is 0 Å². The van der Waals surface area contributed by atoms with E-state index < -0.39 is 9.84 Å². The standard InChI is InChI=1S/C20H19N5O2S3.ClH/c26-30(27,13-14-1-3-15(4-2-14)18-12-23-24-29-18)19-11-16-17(28-19)5-6-22-20(16)25-9-7-21-8-10-25;/h1-6,11-12,21H,7-10,13H2;1H. The first-order chi connectivity index (χ1) is 14.6. The maximum atomic E-state index is 13.1. The molecule has 0 bridgehead atoms. The minimum atomic E-state index is -3.45. The van der Waals surface area contributed by atoms with Gasteiger partial charge in [0, 0.05) is 42.5 Å². The van der Waals surface area contributed by atoms with Crippen LogP contribution in [0.2, 0.25) is 0 Å². The molecule has 7 nitrogen and oxygen atoms in total. The maximum Gasteiger partial charge on any atom is 0.191 e. The van der Waals surface area contributed by atoms with Crippen LogP contribution in [-0.2, 0) is 15.6 Å². The molecule has 0 amide bonds. The summed E-state index contributed by atoms with van der Waals surface area (Å²) in [5.41, 5.74) is 1.74. The number of hydrogen-bond donors (Lipinski definition) is 1. The van der Waals surface area contributed by atoms with Crippen LogP contribution in [0.1, 0.15) is 5.56 Å². The van der Waals surface area contributed by atoms with Crippen molar-refractivity contribution < 1.29 is 8.42 Å². The summed E-state index contributed by atoms with van der Waals surface area (Å²) in [4.78, 5) is 7.72. The minimum Gasteiger partial charge on any atom is -0.354 e. The second-order valence-electron chi connectivity index (χ2n) is 7.09. The molecule has 3 aromatic heterocycles. The fraction of sp³-hybridized carbons (Fsp3) is 0.250. The quantitative estimate of drug-likeness (QED) is 0.454. The molecule has 5 rings (SSSR count). The van der Waals surface area contributed by atoms with E-state index in [1.54, 1.807) is 18.5 Å². The first-order valence-electron chi connectivity index (χ1n) is 9.54. The number of nitrogens with zero attached hydrogens (tertiary/aromatic N) is 4. The van der Waals surface area contributed by atoms with Crippen LogP contribution in [0.15, 0.2) is 53.0 Å². The Kier molecular flexibility index (Phi) is 6.54. The van der Waals surface area contributed by atoms with Crippen molar-refractivity contribution in [1.82, 2.24) is 19.9 Å². The van der Waals surface area contributed by atoms with Gasteiger partial charge in [-0.15, -0.1) is 28.8 Å². The monoisotopic (exact) mass is 493 g/mol. The molecule has 4 heterocycles. The molecule has 1 saturated heterocycles. The highest BCUT2D eigenvalue weighted by atomic mass is 35.5. The summed E-state index contributed by atoms with van der Waals surface area (Å²) in [7, 11) is -3.45. The third kappa shape index (κ3) is 4.58. The van der Waals surface area contributed by atoms with E-state index in [2.05, 4.69) is 24.8 Å². The summed E-state index contributed by atoms with van der Waals surface area (Å²) >= 11 is 2.63. The molecule has 1 aliphatic heterocycles. The Morgan fingerprint density at radius 3 is 2.58 bits per heavy atom. The van der Waals surface area contributed by atoms with Gasteiger partial charge in [0.15, 0.2) is 9.84 Å². The van der Waals surface area contributed by atoms with E-state index in [9.17, 15) is 8.42 Å². The summed E-state index contributed by atoms with van der Waals surface area (Å²) in [6.07, 6.45) is 3.47. The highest BCUT2D eigenvalue weighted by molar-refractivity contribution is 7.92. The lowest BCUT2D eigenvalue weighted by Crippen LogP contribution is -2.43. The van der Waals surface area contributed by atoms with Gasteiger partial charge in [0.1, 0.15) is 10.0 Å². The molecule has 0 spiro atoms. The van der Waals surface area contributed by atoms with Crippen LogP contribution in [0.25, 0.3) is 20.5 Å². The average molecular weight is 494 g/mol. The van der Waals surface area contributed by atoms with Gasteiger partial charge in [-0.25, -0.2) is 13.4 Å². The van der Waals surface area contributed by atoms with E-state index in [0.29, 0.717) is 4.21 Å². The Balaban J connectivity index is 0.00000231. The molecule has 31 heavy (non-hydrogen) atoms. The largest absolute Gasteiger partial charge is 0.354 e. The SMILES string of the molecule is Cl.O=S(=O)(Cc1ccc(-c2cnns2)cc1)c1cc2c(N3CCNCC3)nccc2s1. The second kappa shape index (κ2) is 9.17. The van der Waals surface area contributed by atoms with Crippen LogP contribution < -0.4 is 10.2 Å². The summed E-state index contributed by atoms with van der Waals surface area (Å²) in [6.45, 7) is 3.54. The summed E-state index contributed by atoms with van der Waals surface area (Å²) in [6, 6.07) is 11.2. The number of halogens is 1. The molecule has 4 aromatic rings. The molecule has 1 aromatic carbocycles. The van der Waals surface area contributed by atoms with E-state index in [1.165, 1.54) is 22.9 Å². The van der Waals surface area contributed by atoms with Crippen molar-refractivity contribution in [3.05, 3.63) is 54.4 Å². The fourth-order valence-electron chi connectivity index (χ4n) is 3.56. The van der Waals surface area contributed by atoms with E-state index in [-0.39, 0.29) is 18.2 Å². The van der Waals surface area contributed by atoms with Crippen molar-refractivity contribution in [1.29, 1.82) is 0 Å². The number of anilines is 1. The van der Waals surface area contributed by atoms with E-state index >= 15 is 0 Å². The lowest BCUT2D eigenvalue weighted by Gasteiger charge is -2.28. The van der Waals surface area contributed by atoms with Crippen molar-refractivity contribution in [2.75, 3.05) is 31.1 Å². The number of piperazine rings is 1. The molecule has 11 heteroatoms. The lowest BCUT2D eigenvalue weighted by molar-refractivity contribution is 0.586. The van der Waals surface area contributed by atoms with Crippen LogP contribution in [0.4, 0.5) is 5.82 Å². The van der Waals surface area contributed by atoms with Crippen LogP contribution in [0.3, 0.4) is 0 Å². The van der Waals surface area contributed by atoms with Gasteiger partial charge in [0.05, 0.1) is 16.8 Å². The Morgan fingerprint density at radius 1 is 1.10 bits per heavy atom. The number of hydrogen-bond acceptors (Lipinski definition) is 9. The van der Waals surface area contributed by atoms with E-state index in [4.69, 9.17) is 0 Å². The molecule has 0 unspecified atom stereocenters. The molecule has 0 atom stereocenters. The lowest BCUT2D eigenvalue weighted by atomic mass is 10.1. The minimum absolute atomic E-state index is 0. The van der Waals surface area contributed by atoms with Gasteiger partial charge in [0.25, 0.3) is 0 Å². The molecule has 0 radical (unpaired) electrons. The van der Waals surface area contributed by atoms with E-state index in [0.717, 1.165) is 58.1 Å². The van der Waals surface area contributed by atoms with E-state index in [1.807, 2.05) is 30.3 Å². The van der Waals surface area contributed by atoms with Gasteiger partial charge in [0.2, 0.25) is 0 Å². The van der Waals surface area contributed by atoms with Gasteiger partial charge >= 0.3 is 0 Å². The molecule has 1 N–H and O–H groups in total. The number of benzene rings is 1. The normalized spacial score (nSPS) is 14.5. The Morgan fingerprint density at radius 2 is 1.87 bits per heavy atom. The van der Waals surface area contributed by atoms with Crippen molar-refractivity contribution in [2.24, 2.45) is 0 Å². The van der Waals surface area contributed by atoms with Crippen LogP contribution in [0.5, 0.6) is 0 Å². The van der Waals surface area contributed by atoms with Gasteiger partial charge in [-0.3, -0.25) is 0 Å².